The van der Waals surface area contributed by atoms with Crippen LogP contribution < -0.4 is 4.90 Å². The first-order valence-electron chi connectivity index (χ1n) is 10.3. The van der Waals surface area contributed by atoms with Crippen molar-refractivity contribution in [2.75, 3.05) is 4.90 Å². The number of halogens is 1. The number of carbonyl (C=O) groups is 2. The molecular weight excluding hydrogens is 422 g/mol. The highest BCUT2D eigenvalue weighted by Gasteiger charge is 2.50. The third kappa shape index (κ3) is 4.57. The van der Waals surface area contributed by atoms with Crippen molar-refractivity contribution < 1.29 is 14.7 Å². The molecule has 0 bridgehead atoms. The highest BCUT2D eigenvalue weighted by Crippen LogP contribution is 2.44. The Labute approximate surface area is 192 Å². The van der Waals surface area contributed by atoms with Crippen molar-refractivity contribution in [3.05, 3.63) is 119 Å². The van der Waals surface area contributed by atoms with E-state index >= 15 is 0 Å². The molecule has 0 aromatic heterocycles. The summed E-state index contributed by atoms with van der Waals surface area (Å²) in [7, 11) is 0. The topological polar surface area (TPSA) is 57.6 Å². The maximum absolute atomic E-state index is 13.3. The van der Waals surface area contributed by atoms with Crippen LogP contribution in [-0.4, -0.2) is 16.8 Å². The normalized spacial score (nSPS) is 17.9. The number of ketones is 1. The number of anilines is 1. The summed E-state index contributed by atoms with van der Waals surface area (Å²) in [5, 5.41) is 11.8. The van der Waals surface area contributed by atoms with Gasteiger partial charge in [0.15, 0.2) is 11.4 Å². The van der Waals surface area contributed by atoms with E-state index in [1.807, 2.05) is 66.7 Å². The van der Waals surface area contributed by atoms with Crippen molar-refractivity contribution in [1.82, 2.24) is 0 Å². The van der Waals surface area contributed by atoms with E-state index in [9.17, 15) is 14.7 Å². The molecule has 0 radical (unpaired) electrons. The van der Waals surface area contributed by atoms with Crippen molar-refractivity contribution in [3.8, 4) is 0 Å². The fourth-order valence-electron chi connectivity index (χ4n) is 3.82. The number of nitrogens with zero attached hydrogens (tertiary/aromatic N) is 1. The predicted octanol–water partition coefficient (Wildman–Crippen LogP) is 5.30. The molecule has 160 valence electrons. The molecule has 0 fully saturated rings. The summed E-state index contributed by atoms with van der Waals surface area (Å²) >= 11 is 6.15. The predicted molar refractivity (Wildman–Crippen MR) is 127 cm³/mol. The van der Waals surface area contributed by atoms with Gasteiger partial charge in [0, 0.05) is 10.6 Å². The number of carbonyl (C=O) groups excluding carboxylic acids is 2. The Balaban J connectivity index is 1.55. The average molecular weight is 444 g/mol. The molecule has 32 heavy (non-hydrogen) atoms. The van der Waals surface area contributed by atoms with Gasteiger partial charge in [-0.3, -0.25) is 9.59 Å². The molecule has 1 aliphatic heterocycles. The molecule has 4 rings (SSSR count). The van der Waals surface area contributed by atoms with Gasteiger partial charge in [0.2, 0.25) is 0 Å². The van der Waals surface area contributed by atoms with Gasteiger partial charge in [-0.15, -0.1) is 0 Å². The zero-order valence-corrected chi connectivity index (χ0v) is 18.1. The van der Waals surface area contributed by atoms with E-state index in [1.54, 1.807) is 30.4 Å². The fourth-order valence-corrected chi connectivity index (χ4v) is 3.99. The van der Waals surface area contributed by atoms with E-state index in [2.05, 4.69) is 0 Å². The Bertz CT molecular complexity index is 1190. The second-order valence-electron chi connectivity index (χ2n) is 7.67. The molecule has 1 amide bonds. The van der Waals surface area contributed by atoms with Crippen LogP contribution in [0.15, 0.2) is 97.1 Å². The summed E-state index contributed by atoms with van der Waals surface area (Å²) in [6.45, 7) is 0.292. The number of aliphatic hydroxyl groups is 1. The third-order valence-corrected chi connectivity index (χ3v) is 5.62. The van der Waals surface area contributed by atoms with Gasteiger partial charge in [-0.05, 0) is 35.4 Å². The van der Waals surface area contributed by atoms with Crippen LogP contribution in [0.1, 0.15) is 23.1 Å². The Morgan fingerprint density at radius 1 is 0.969 bits per heavy atom. The quantitative estimate of drug-likeness (QED) is 0.398. The van der Waals surface area contributed by atoms with Crippen molar-refractivity contribution in [2.45, 2.75) is 18.6 Å². The number of benzene rings is 3. The second kappa shape index (κ2) is 9.35. The number of hydrogen-bond acceptors (Lipinski definition) is 3. The van der Waals surface area contributed by atoms with Crippen molar-refractivity contribution in [2.24, 2.45) is 0 Å². The molecule has 3 aromatic rings. The van der Waals surface area contributed by atoms with Crippen LogP contribution in [-0.2, 0) is 21.7 Å². The summed E-state index contributed by atoms with van der Waals surface area (Å²) in [6, 6.07) is 24.1. The number of fused-ring (bicyclic) bond motifs is 1. The zero-order valence-electron chi connectivity index (χ0n) is 17.3. The smallest absolute Gasteiger partial charge is 0.264 e. The van der Waals surface area contributed by atoms with E-state index in [4.69, 9.17) is 11.6 Å². The highest BCUT2D eigenvalue weighted by molar-refractivity contribution is 6.31. The minimum absolute atomic E-state index is 0.292. The molecular formula is C27H22ClNO3. The van der Waals surface area contributed by atoms with E-state index < -0.39 is 11.5 Å². The van der Waals surface area contributed by atoms with Gasteiger partial charge in [-0.1, -0.05) is 90.5 Å². The summed E-state index contributed by atoms with van der Waals surface area (Å²) in [5.41, 5.74) is 0.885. The second-order valence-corrected chi connectivity index (χ2v) is 8.11. The summed E-state index contributed by atoms with van der Waals surface area (Å²) in [4.78, 5) is 27.4. The highest BCUT2D eigenvalue weighted by atomic mass is 35.5. The van der Waals surface area contributed by atoms with Crippen molar-refractivity contribution in [3.63, 3.8) is 0 Å². The van der Waals surface area contributed by atoms with Crippen LogP contribution in [0.25, 0.3) is 6.08 Å². The Morgan fingerprint density at radius 2 is 1.66 bits per heavy atom. The lowest BCUT2D eigenvalue weighted by Crippen LogP contribution is -2.41. The van der Waals surface area contributed by atoms with Gasteiger partial charge in [0.05, 0.1) is 18.7 Å². The standard InChI is InChI=1S/C27H22ClNO3/c28-22-15-16-25-24(17-22)27(32,26(31)29(25)19-21-12-5-2-6-13-21)18-23(30)14-8-7-11-20-9-3-1-4-10-20/h1-17,32H,18-19H2/b11-7-,14-8+/t27-/m1/s1. The summed E-state index contributed by atoms with van der Waals surface area (Å²) in [6.07, 6.45) is 6.24. The SMILES string of the molecule is O=C(/C=C/C=C\c1ccccc1)C[C@]1(O)C(=O)N(Cc2ccccc2)c2ccc(Cl)cc21. The molecule has 1 heterocycles. The molecule has 1 N–H and O–H groups in total. The molecule has 0 spiro atoms. The zero-order chi connectivity index (χ0) is 22.6. The maximum Gasteiger partial charge on any atom is 0.264 e. The van der Waals surface area contributed by atoms with E-state index in [0.29, 0.717) is 22.8 Å². The van der Waals surface area contributed by atoms with Gasteiger partial charge in [0.1, 0.15) is 0 Å². The minimum atomic E-state index is -1.96. The Morgan fingerprint density at radius 3 is 2.38 bits per heavy atom. The van der Waals surface area contributed by atoms with Crippen molar-refractivity contribution >= 4 is 35.1 Å². The van der Waals surface area contributed by atoms with E-state index in [1.165, 1.54) is 11.0 Å². The van der Waals surface area contributed by atoms with E-state index in [-0.39, 0.29) is 12.2 Å². The van der Waals surface area contributed by atoms with Crippen LogP contribution in [0.3, 0.4) is 0 Å². The van der Waals surface area contributed by atoms with Gasteiger partial charge < -0.3 is 10.0 Å². The third-order valence-electron chi connectivity index (χ3n) is 5.39. The monoisotopic (exact) mass is 443 g/mol. The van der Waals surface area contributed by atoms with Crippen LogP contribution in [0.4, 0.5) is 5.69 Å². The van der Waals surface area contributed by atoms with Gasteiger partial charge in [-0.2, -0.15) is 0 Å². The first kappa shape index (κ1) is 21.8. The lowest BCUT2D eigenvalue weighted by Gasteiger charge is -2.22. The number of rotatable bonds is 7. The fraction of sp³-hybridized carbons (Fsp3) is 0.111. The molecule has 0 unspecified atom stereocenters. The van der Waals surface area contributed by atoms with E-state index in [0.717, 1.165) is 11.1 Å². The first-order chi connectivity index (χ1) is 15.5. The molecule has 1 aliphatic rings. The maximum atomic E-state index is 13.3. The Kier molecular flexibility index (Phi) is 6.35. The molecule has 3 aromatic carbocycles. The summed E-state index contributed by atoms with van der Waals surface area (Å²) in [5.74, 6) is -0.883. The first-order valence-corrected chi connectivity index (χ1v) is 10.7. The van der Waals surface area contributed by atoms with Gasteiger partial charge in [0.25, 0.3) is 5.91 Å². The Hall–Kier alpha value is -3.47. The number of hydrogen-bond donors (Lipinski definition) is 1. The average Bonchev–Trinajstić information content (AvgIpc) is 2.99. The molecule has 4 nitrogen and oxygen atoms in total. The molecule has 1 atom stereocenters. The van der Waals surface area contributed by atoms with Crippen LogP contribution in [0, 0.1) is 0 Å². The van der Waals surface area contributed by atoms with Crippen LogP contribution >= 0.6 is 11.6 Å². The van der Waals surface area contributed by atoms with Gasteiger partial charge in [-0.25, -0.2) is 0 Å². The number of amides is 1. The molecule has 0 saturated heterocycles. The lowest BCUT2D eigenvalue weighted by molar-refractivity contribution is -0.140. The minimum Gasteiger partial charge on any atom is -0.375 e. The van der Waals surface area contributed by atoms with Crippen molar-refractivity contribution in [1.29, 1.82) is 0 Å². The van der Waals surface area contributed by atoms with Gasteiger partial charge >= 0.3 is 0 Å². The molecule has 5 heteroatoms. The number of allylic oxidation sites excluding steroid dienone is 3. The van der Waals surface area contributed by atoms with Crippen LogP contribution in [0.5, 0.6) is 0 Å². The summed E-state index contributed by atoms with van der Waals surface area (Å²) < 4.78 is 0. The molecule has 0 aliphatic carbocycles. The lowest BCUT2D eigenvalue weighted by atomic mass is 9.90. The largest absolute Gasteiger partial charge is 0.375 e. The van der Waals surface area contributed by atoms with Crippen LogP contribution in [0.2, 0.25) is 5.02 Å². The molecule has 0 saturated carbocycles.